The van der Waals surface area contributed by atoms with Crippen LogP contribution in [-0.2, 0) is 16.8 Å². The average Bonchev–Trinajstić information content (AvgIpc) is 2.90. The number of halogens is 1. The van der Waals surface area contributed by atoms with Crippen molar-refractivity contribution < 1.29 is 4.74 Å². The normalized spacial score (nSPS) is 31.2. The van der Waals surface area contributed by atoms with Gasteiger partial charge < -0.3 is 10.1 Å². The van der Waals surface area contributed by atoms with Gasteiger partial charge in [0, 0.05) is 35.9 Å². The van der Waals surface area contributed by atoms with Crippen LogP contribution in [0.15, 0.2) is 24.7 Å². The fourth-order valence-corrected chi connectivity index (χ4v) is 5.20. The Bertz CT molecular complexity index is 677. The monoisotopic (exact) mass is 335 g/mol. The van der Waals surface area contributed by atoms with Crippen LogP contribution in [0, 0.1) is 0 Å². The molecular weight excluding hydrogens is 318 g/mol. The summed E-state index contributed by atoms with van der Waals surface area (Å²) in [5.74, 6) is 0. The third-order valence-electron chi connectivity index (χ3n) is 4.54. The first kappa shape index (κ1) is 14.6. The molecule has 1 N–H and O–H groups in total. The number of piperidine rings is 1. The molecule has 3 atom stereocenters. The molecule has 0 radical (unpaired) electrons. The lowest BCUT2D eigenvalue weighted by molar-refractivity contribution is -0.0958. The molecule has 0 aromatic carbocycles. The summed E-state index contributed by atoms with van der Waals surface area (Å²) < 4.78 is 7.19. The zero-order valence-corrected chi connectivity index (χ0v) is 14.0. The third kappa shape index (κ3) is 2.46. The Kier molecular flexibility index (Phi) is 3.69. The molecule has 4 rings (SSSR count). The highest BCUT2D eigenvalue weighted by atomic mass is 35.5. The van der Waals surface area contributed by atoms with Crippen molar-refractivity contribution in [3.05, 3.63) is 45.1 Å². The van der Waals surface area contributed by atoms with Crippen LogP contribution < -0.4 is 5.32 Å². The van der Waals surface area contributed by atoms with Crippen molar-refractivity contribution >= 4 is 22.9 Å². The summed E-state index contributed by atoms with van der Waals surface area (Å²) in [5.41, 5.74) is 2.10. The van der Waals surface area contributed by atoms with Gasteiger partial charge in [0.05, 0.1) is 22.7 Å². The summed E-state index contributed by atoms with van der Waals surface area (Å²) in [6, 6.07) is 2.62. The molecule has 1 spiro atoms. The highest BCUT2D eigenvalue weighted by Gasteiger charge is 2.46. The Morgan fingerprint density at radius 3 is 3.14 bits per heavy atom. The van der Waals surface area contributed by atoms with Gasteiger partial charge in [-0.05, 0) is 31.4 Å². The average molecular weight is 336 g/mol. The van der Waals surface area contributed by atoms with E-state index in [-0.39, 0.29) is 11.6 Å². The molecule has 1 fully saturated rings. The number of nitrogens with one attached hydrogen (secondary N) is 1. The molecular formula is C16H18ClN3OS. The van der Waals surface area contributed by atoms with Crippen LogP contribution in [0.4, 0.5) is 0 Å². The molecule has 1 saturated heterocycles. The van der Waals surface area contributed by atoms with Gasteiger partial charge in [0.1, 0.15) is 5.60 Å². The second-order valence-corrected chi connectivity index (χ2v) is 7.84. The van der Waals surface area contributed by atoms with Gasteiger partial charge in [-0.15, -0.1) is 11.3 Å². The second kappa shape index (κ2) is 5.57. The van der Waals surface area contributed by atoms with Crippen LogP contribution in [0.1, 0.15) is 41.9 Å². The Hall–Kier alpha value is -1.01. The lowest BCUT2D eigenvalue weighted by atomic mass is 9.79. The van der Waals surface area contributed by atoms with Crippen LogP contribution in [0.5, 0.6) is 0 Å². The highest BCUT2D eigenvalue weighted by molar-refractivity contribution is 7.16. The minimum atomic E-state index is -0.238. The maximum atomic E-state index is 6.33. The van der Waals surface area contributed by atoms with E-state index in [0.717, 1.165) is 35.9 Å². The van der Waals surface area contributed by atoms with E-state index < -0.39 is 0 Å². The predicted molar refractivity (Wildman–Crippen MR) is 87.3 cm³/mol. The molecule has 2 aliphatic rings. The van der Waals surface area contributed by atoms with Gasteiger partial charge in [-0.1, -0.05) is 11.6 Å². The topological polar surface area (TPSA) is 47.0 Å². The van der Waals surface area contributed by atoms with Crippen LogP contribution >= 0.6 is 22.9 Å². The largest absolute Gasteiger partial charge is 0.369 e. The van der Waals surface area contributed by atoms with E-state index in [4.69, 9.17) is 16.3 Å². The van der Waals surface area contributed by atoms with Gasteiger partial charge in [0.25, 0.3) is 0 Å². The molecule has 4 nitrogen and oxygen atoms in total. The van der Waals surface area contributed by atoms with Gasteiger partial charge in [0.15, 0.2) is 0 Å². The number of aromatic nitrogens is 2. The Morgan fingerprint density at radius 2 is 2.32 bits per heavy atom. The summed E-state index contributed by atoms with van der Waals surface area (Å²) >= 11 is 7.94. The first-order valence-corrected chi connectivity index (χ1v) is 8.80. The number of rotatable bonds is 1. The first-order valence-electron chi connectivity index (χ1n) is 7.61. The predicted octanol–water partition coefficient (Wildman–Crippen LogP) is 3.47. The van der Waals surface area contributed by atoms with Crippen LogP contribution in [-0.4, -0.2) is 22.6 Å². The SMILES string of the molecule is C[C@H]1C[C@@]2(C[C@@H](c3cnccn3)N1)OCCc1cc(Cl)sc12. The summed E-state index contributed by atoms with van der Waals surface area (Å²) in [7, 11) is 0. The van der Waals surface area contributed by atoms with E-state index in [1.807, 2.05) is 6.20 Å². The van der Waals surface area contributed by atoms with Crippen molar-refractivity contribution in [1.82, 2.24) is 15.3 Å². The van der Waals surface area contributed by atoms with E-state index >= 15 is 0 Å². The maximum absolute atomic E-state index is 6.33. The summed E-state index contributed by atoms with van der Waals surface area (Å²) in [4.78, 5) is 9.99. The fraction of sp³-hybridized carbons (Fsp3) is 0.500. The maximum Gasteiger partial charge on any atom is 0.106 e. The summed E-state index contributed by atoms with van der Waals surface area (Å²) in [6.45, 7) is 2.97. The lowest BCUT2D eigenvalue weighted by Gasteiger charge is -2.45. The molecule has 22 heavy (non-hydrogen) atoms. The van der Waals surface area contributed by atoms with Crippen molar-refractivity contribution in [3.63, 3.8) is 0 Å². The van der Waals surface area contributed by atoms with Crippen molar-refractivity contribution in [3.8, 4) is 0 Å². The highest BCUT2D eigenvalue weighted by Crippen LogP contribution is 2.49. The lowest BCUT2D eigenvalue weighted by Crippen LogP contribution is -2.49. The molecule has 0 bridgehead atoms. The van der Waals surface area contributed by atoms with E-state index in [2.05, 4.69) is 28.3 Å². The molecule has 4 heterocycles. The van der Waals surface area contributed by atoms with E-state index in [9.17, 15) is 0 Å². The number of ether oxygens (including phenoxy) is 1. The summed E-state index contributed by atoms with van der Waals surface area (Å²) in [6.07, 6.45) is 8.10. The number of fused-ring (bicyclic) bond motifs is 2. The minimum absolute atomic E-state index is 0.157. The molecule has 0 unspecified atom stereocenters. The van der Waals surface area contributed by atoms with Gasteiger partial charge in [0.2, 0.25) is 0 Å². The molecule has 2 aromatic rings. The molecule has 116 valence electrons. The Morgan fingerprint density at radius 1 is 1.41 bits per heavy atom. The third-order valence-corrected chi connectivity index (χ3v) is 6.03. The van der Waals surface area contributed by atoms with Crippen molar-refractivity contribution in [2.75, 3.05) is 6.61 Å². The molecule has 2 aliphatic heterocycles. The summed E-state index contributed by atoms with van der Waals surface area (Å²) in [5, 5.41) is 3.63. The van der Waals surface area contributed by atoms with Gasteiger partial charge in [-0.25, -0.2) is 0 Å². The quantitative estimate of drug-likeness (QED) is 0.866. The molecule has 0 saturated carbocycles. The Labute approximate surface area is 138 Å². The number of hydrogen-bond acceptors (Lipinski definition) is 5. The van der Waals surface area contributed by atoms with Crippen LogP contribution in [0.2, 0.25) is 4.34 Å². The molecule has 6 heteroatoms. The number of hydrogen-bond donors (Lipinski definition) is 1. The zero-order valence-electron chi connectivity index (χ0n) is 12.4. The standard InChI is InChI=1S/C16H18ClN3OS/c1-10-7-16(8-12(20-10)13-9-18-3-4-19-13)15-11(2-5-21-16)6-14(17)22-15/h3-4,6,9-10,12,20H,2,5,7-8H2,1H3/t10-,12-,16-/m0/s1. The van der Waals surface area contributed by atoms with Crippen LogP contribution in [0.25, 0.3) is 0 Å². The van der Waals surface area contributed by atoms with E-state index in [0.29, 0.717) is 6.04 Å². The van der Waals surface area contributed by atoms with Gasteiger partial charge >= 0.3 is 0 Å². The Balaban J connectivity index is 1.73. The van der Waals surface area contributed by atoms with Crippen molar-refractivity contribution in [2.45, 2.75) is 43.9 Å². The van der Waals surface area contributed by atoms with Crippen molar-refractivity contribution in [1.29, 1.82) is 0 Å². The molecule has 2 aromatic heterocycles. The molecule has 0 aliphatic carbocycles. The second-order valence-electron chi connectivity index (χ2n) is 6.16. The van der Waals surface area contributed by atoms with Crippen molar-refractivity contribution in [2.24, 2.45) is 0 Å². The fourth-order valence-electron chi connectivity index (χ4n) is 3.74. The van der Waals surface area contributed by atoms with E-state index in [1.165, 1.54) is 10.4 Å². The smallest absolute Gasteiger partial charge is 0.106 e. The van der Waals surface area contributed by atoms with Crippen LogP contribution in [0.3, 0.4) is 0 Å². The number of nitrogens with zero attached hydrogens (tertiary/aromatic N) is 2. The van der Waals surface area contributed by atoms with Gasteiger partial charge in [-0.2, -0.15) is 0 Å². The minimum Gasteiger partial charge on any atom is -0.369 e. The molecule has 0 amide bonds. The van der Waals surface area contributed by atoms with E-state index in [1.54, 1.807) is 23.7 Å². The first-order chi connectivity index (χ1) is 10.7. The van der Waals surface area contributed by atoms with Gasteiger partial charge in [-0.3, -0.25) is 9.97 Å². The number of thiophene rings is 1. The zero-order chi connectivity index (χ0) is 15.2.